The second kappa shape index (κ2) is 5.66. The van der Waals surface area contributed by atoms with Gasteiger partial charge in [0.25, 0.3) is 0 Å². The molecule has 0 bridgehead atoms. The molecule has 0 unspecified atom stereocenters. The highest BCUT2D eigenvalue weighted by Crippen LogP contribution is 2.12. The van der Waals surface area contributed by atoms with E-state index in [0.29, 0.717) is 13.1 Å². The molecular weight excluding hydrogens is 176 g/mol. The average Bonchev–Trinajstić information content (AvgIpc) is 2.26. The summed E-state index contributed by atoms with van der Waals surface area (Å²) in [6.07, 6.45) is 7.29. The van der Waals surface area contributed by atoms with E-state index in [-0.39, 0.29) is 11.8 Å². The molecule has 0 aliphatic carbocycles. The largest absolute Gasteiger partial charge is 0.332 e. The average molecular weight is 194 g/mol. The van der Waals surface area contributed by atoms with Crippen LogP contribution in [0.5, 0.6) is 0 Å². The summed E-state index contributed by atoms with van der Waals surface area (Å²) in [5.41, 5.74) is 0. The zero-order valence-corrected chi connectivity index (χ0v) is 8.75. The molecule has 1 amide bonds. The van der Waals surface area contributed by atoms with Crippen molar-refractivity contribution in [2.75, 3.05) is 26.2 Å². The summed E-state index contributed by atoms with van der Waals surface area (Å²) < 4.78 is 0. The molecule has 1 atom stereocenters. The first-order chi connectivity index (χ1) is 6.79. The fraction of sp³-hybridized carbons (Fsp3) is 0.727. The molecular formula is C11H18N2O. The van der Waals surface area contributed by atoms with Crippen LogP contribution in [0.1, 0.15) is 19.8 Å². The fourth-order valence-corrected chi connectivity index (χ4v) is 1.78. The smallest absolute Gasteiger partial charge is 0.227 e. The van der Waals surface area contributed by atoms with Crippen molar-refractivity contribution in [2.24, 2.45) is 5.92 Å². The molecule has 1 fully saturated rings. The Bertz CT molecular complexity index is 226. The summed E-state index contributed by atoms with van der Waals surface area (Å²) in [6, 6.07) is 0. The van der Waals surface area contributed by atoms with Crippen molar-refractivity contribution in [1.82, 2.24) is 10.2 Å². The van der Waals surface area contributed by atoms with Crippen LogP contribution in [0.2, 0.25) is 0 Å². The molecule has 0 spiro atoms. The van der Waals surface area contributed by atoms with Crippen LogP contribution in [-0.4, -0.2) is 37.0 Å². The highest BCUT2D eigenvalue weighted by atomic mass is 16.2. The standard InChI is InChI=1S/C11H18N2O/c1-3-8-13(4-2)11(14)10-6-5-7-12-9-10/h1,10,12H,4-9H2,2H3/t10-/m0/s1. The van der Waals surface area contributed by atoms with Gasteiger partial charge in [-0.2, -0.15) is 0 Å². The van der Waals surface area contributed by atoms with Gasteiger partial charge in [-0.15, -0.1) is 6.42 Å². The van der Waals surface area contributed by atoms with E-state index in [0.717, 1.165) is 25.9 Å². The Morgan fingerprint density at radius 1 is 1.71 bits per heavy atom. The van der Waals surface area contributed by atoms with E-state index < -0.39 is 0 Å². The normalized spacial score (nSPS) is 21.3. The van der Waals surface area contributed by atoms with Crippen LogP contribution in [0.15, 0.2) is 0 Å². The number of hydrogen-bond donors (Lipinski definition) is 1. The lowest BCUT2D eigenvalue weighted by atomic mass is 9.98. The van der Waals surface area contributed by atoms with Gasteiger partial charge in [0.15, 0.2) is 0 Å². The molecule has 1 heterocycles. The maximum Gasteiger partial charge on any atom is 0.227 e. The first-order valence-corrected chi connectivity index (χ1v) is 5.22. The summed E-state index contributed by atoms with van der Waals surface area (Å²) in [4.78, 5) is 13.7. The van der Waals surface area contributed by atoms with Crippen molar-refractivity contribution >= 4 is 5.91 Å². The number of carbonyl (C=O) groups is 1. The molecule has 0 aromatic carbocycles. The maximum absolute atomic E-state index is 11.9. The van der Waals surface area contributed by atoms with Gasteiger partial charge >= 0.3 is 0 Å². The van der Waals surface area contributed by atoms with Gasteiger partial charge < -0.3 is 10.2 Å². The van der Waals surface area contributed by atoms with Crippen molar-refractivity contribution in [3.63, 3.8) is 0 Å². The predicted molar refractivity (Wildman–Crippen MR) is 56.7 cm³/mol. The zero-order chi connectivity index (χ0) is 10.4. The molecule has 14 heavy (non-hydrogen) atoms. The topological polar surface area (TPSA) is 32.3 Å². The van der Waals surface area contributed by atoms with E-state index in [1.54, 1.807) is 4.90 Å². The number of rotatable bonds is 3. The quantitative estimate of drug-likeness (QED) is 0.662. The number of carbonyl (C=O) groups excluding carboxylic acids is 1. The Labute approximate surface area is 85.9 Å². The zero-order valence-electron chi connectivity index (χ0n) is 8.75. The van der Waals surface area contributed by atoms with Crippen LogP contribution in [-0.2, 0) is 4.79 Å². The van der Waals surface area contributed by atoms with Gasteiger partial charge in [0.05, 0.1) is 12.5 Å². The van der Waals surface area contributed by atoms with Crippen molar-refractivity contribution in [3.05, 3.63) is 0 Å². The monoisotopic (exact) mass is 194 g/mol. The SMILES string of the molecule is C#CCN(CC)C(=O)[C@H]1CCCNC1. The third kappa shape index (κ3) is 2.74. The number of nitrogens with zero attached hydrogens (tertiary/aromatic N) is 1. The Balaban J connectivity index is 2.48. The van der Waals surface area contributed by atoms with Crippen LogP contribution in [0.4, 0.5) is 0 Å². The second-order valence-electron chi connectivity index (χ2n) is 3.60. The van der Waals surface area contributed by atoms with E-state index >= 15 is 0 Å². The number of piperidine rings is 1. The molecule has 0 radical (unpaired) electrons. The van der Waals surface area contributed by atoms with Crippen LogP contribution in [0.25, 0.3) is 0 Å². The Hall–Kier alpha value is -1.01. The van der Waals surface area contributed by atoms with E-state index in [1.807, 2.05) is 6.92 Å². The van der Waals surface area contributed by atoms with Gasteiger partial charge in [-0.25, -0.2) is 0 Å². The highest BCUT2D eigenvalue weighted by Gasteiger charge is 2.24. The third-order valence-corrected chi connectivity index (χ3v) is 2.62. The molecule has 1 aliphatic rings. The molecule has 1 aliphatic heterocycles. The van der Waals surface area contributed by atoms with E-state index in [2.05, 4.69) is 11.2 Å². The lowest BCUT2D eigenvalue weighted by molar-refractivity contribution is -0.135. The highest BCUT2D eigenvalue weighted by molar-refractivity contribution is 5.79. The number of hydrogen-bond acceptors (Lipinski definition) is 2. The molecule has 1 N–H and O–H groups in total. The number of amides is 1. The molecule has 1 saturated heterocycles. The van der Waals surface area contributed by atoms with Gasteiger partial charge in [0.1, 0.15) is 0 Å². The van der Waals surface area contributed by atoms with Gasteiger partial charge in [-0.05, 0) is 26.3 Å². The molecule has 78 valence electrons. The van der Waals surface area contributed by atoms with Crippen molar-refractivity contribution in [1.29, 1.82) is 0 Å². The van der Waals surface area contributed by atoms with Crippen LogP contribution in [0, 0.1) is 18.3 Å². The summed E-state index contributed by atoms with van der Waals surface area (Å²) >= 11 is 0. The molecule has 0 aromatic heterocycles. The van der Waals surface area contributed by atoms with E-state index in [9.17, 15) is 4.79 Å². The van der Waals surface area contributed by atoms with Gasteiger partial charge in [-0.1, -0.05) is 5.92 Å². The molecule has 0 saturated carbocycles. The minimum Gasteiger partial charge on any atom is -0.332 e. The Morgan fingerprint density at radius 2 is 2.50 bits per heavy atom. The lowest BCUT2D eigenvalue weighted by Gasteiger charge is -2.27. The van der Waals surface area contributed by atoms with Crippen LogP contribution in [0.3, 0.4) is 0 Å². The minimum absolute atomic E-state index is 0.136. The Morgan fingerprint density at radius 3 is 3.00 bits per heavy atom. The predicted octanol–water partition coefficient (Wildman–Crippen LogP) is 0.468. The lowest BCUT2D eigenvalue weighted by Crippen LogP contribution is -2.43. The van der Waals surface area contributed by atoms with E-state index in [1.165, 1.54) is 0 Å². The van der Waals surface area contributed by atoms with Gasteiger partial charge in [0.2, 0.25) is 5.91 Å². The number of terminal acetylenes is 1. The molecule has 3 heteroatoms. The summed E-state index contributed by atoms with van der Waals surface area (Å²) in [7, 11) is 0. The third-order valence-electron chi connectivity index (χ3n) is 2.62. The summed E-state index contributed by atoms with van der Waals surface area (Å²) in [5.74, 6) is 2.87. The first kappa shape index (κ1) is 11.1. The van der Waals surface area contributed by atoms with Crippen LogP contribution < -0.4 is 5.32 Å². The van der Waals surface area contributed by atoms with E-state index in [4.69, 9.17) is 6.42 Å². The second-order valence-corrected chi connectivity index (χ2v) is 3.60. The van der Waals surface area contributed by atoms with Gasteiger partial charge in [-0.3, -0.25) is 4.79 Å². The van der Waals surface area contributed by atoms with Crippen molar-refractivity contribution < 1.29 is 4.79 Å². The number of nitrogens with one attached hydrogen (secondary N) is 1. The maximum atomic E-state index is 11.9. The Kier molecular flexibility index (Phi) is 4.48. The molecule has 0 aromatic rings. The fourth-order valence-electron chi connectivity index (χ4n) is 1.78. The summed E-state index contributed by atoms with van der Waals surface area (Å²) in [6.45, 7) is 4.95. The van der Waals surface area contributed by atoms with Gasteiger partial charge in [0, 0.05) is 13.1 Å². The summed E-state index contributed by atoms with van der Waals surface area (Å²) in [5, 5.41) is 3.24. The molecule has 1 rings (SSSR count). The van der Waals surface area contributed by atoms with Crippen molar-refractivity contribution in [2.45, 2.75) is 19.8 Å². The first-order valence-electron chi connectivity index (χ1n) is 5.22. The van der Waals surface area contributed by atoms with Crippen LogP contribution >= 0.6 is 0 Å². The molecule has 3 nitrogen and oxygen atoms in total. The minimum atomic E-state index is 0.136. The van der Waals surface area contributed by atoms with Crippen molar-refractivity contribution in [3.8, 4) is 12.3 Å².